The van der Waals surface area contributed by atoms with Gasteiger partial charge in [0.05, 0.1) is 16.9 Å². The van der Waals surface area contributed by atoms with E-state index in [9.17, 15) is 39.9 Å². The minimum atomic E-state index is -2.77. The fraction of sp³-hybridized carbons (Fsp3) is 0.409. The number of benzene rings is 1. The second-order valence-electron chi connectivity index (χ2n) is 9.30. The second kappa shape index (κ2) is 7.47. The van der Waals surface area contributed by atoms with Crippen LogP contribution in [-0.2, 0) is 20.0 Å². The zero-order chi connectivity index (χ0) is 26.2. The van der Waals surface area contributed by atoms with E-state index in [1.54, 1.807) is 19.0 Å². The van der Waals surface area contributed by atoms with E-state index in [-0.39, 0.29) is 23.4 Å². The molecule has 0 aliphatic heterocycles. The molecule has 35 heavy (non-hydrogen) atoms. The molecule has 0 bridgehead atoms. The van der Waals surface area contributed by atoms with E-state index >= 15 is 0 Å². The summed E-state index contributed by atoms with van der Waals surface area (Å²) in [7, 11) is 3.22. The Labute approximate surface area is 198 Å². The lowest BCUT2D eigenvalue weighted by Gasteiger charge is -2.50. The Bertz CT molecular complexity index is 1340. The molecule has 0 spiro atoms. The molecule has 0 heterocycles. The Balaban J connectivity index is 2.09. The number of anilines is 1. The van der Waals surface area contributed by atoms with Crippen LogP contribution in [0.3, 0.4) is 0 Å². The second-order valence-corrected chi connectivity index (χ2v) is 9.30. The third-order valence-corrected chi connectivity index (χ3v) is 7.18. The Morgan fingerprint density at radius 3 is 2.43 bits per heavy atom. The monoisotopic (exact) mass is 485 g/mol. The number of Topliss-reactive ketones (excluding diaryl/α,β-unsaturated/α-hetero) is 2. The van der Waals surface area contributed by atoms with Crippen LogP contribution in [0.15, 0.2) is 28.1 Å². The van der Waals surface area contributed by atoms with Crippen LogP contribution in [-0.4, -0.2) is 62.7 Å². The molecule has 0 saturated heterocycles. The number of azide groups is 1. The van der Waals surface area contributed by atoms with Crippen molar-refractivity contribution in [3.05, 3.63) is 44.5 Å². The molecule has 7 N–H and O–H groups in total. The number of aliphatic hydroxyl groups is 4. The molecular formula is C22H23N5O8. The minimum absolute atomic E-state index is 0.0288. The number of aliphatic hydroxyl groups excluding tert-OH is 2. The summed E-state index contributed by atoms with van der Waals surface area (Å²) in [4.78, 5) is 42.0. The van der Waals surface area contributed by atoms with Gasteiger partial charge in [-0.1, -0.05) is 5.11 Å². The predicted octanol–water partition coefficient (Wildman–Crippen LogP) is 1.10. The zero-order valence-corrected chi connectivity index (χ0v) is 19.0. The van der Waals surface area contributed by atoms with E-state index in [0.717, 1.165) is 0 Å². The summed E-state index contributed by atoms with van der Waals surface area (Å²) in [6.07, 6.45) is -0.763. The molecule has 1 fully saturated rings. The van der Waals surface area contributed by atoms with Crippen molar-refractivity contribution < 1.29 is 39.9 Å². The number of nitrogens with two attached hydrogens (primary N) is 1. The van der Waals surface area contributed by atoms with Crippen LogP contribution < -0.4 is 10.6 Å². The van der Waals surface area contributed by atoms with Gasteiger partial charge in [-0.25, -0.2) is 0 Å². The van der Waals surface area contributed by atoms with Crippen molar-refractivity contribution in [3.63, 3.8) is 0 Å². The molecule has 0 unspecified atom stereocenters. The zero-order valence-electron chi connectivity index (χ0n) is 19.0. The number of primary amides is 1. The number of rotatable bonds is 3. The van der Waals surface area contributed by atoms with Gasteiger partial charge in [0, 0.05) is 54.1 Å². The molecule has 4 atom stereocenters. The largest absolute Gasteiger partial charge is 0.508 e. The Morgan fingerprint density at radius 1 is 1.26 bits per heavy atom. The standard InChI is InChI=1S/C22H23N5O8/c1-21(34)8-4-7-5-11(28)13(20(23)33)19(32)22(7,35)18(31)12(8)17(30)14-15(21)10(27(2)3)6-9(16(14)29)25-26-24/h6-8,29-30,32,34-35H,4-5H2,1-3H3,(H2,23,33)/t7-,8-,21-,22-/m0/s1. The number of phenolic OH excluding ortho intramolecular Hbond substituents is 1. The summed E-state index contributed by atoms with van der Waals surface area (Å²) in [6, 6.07) is 1.31. The molecule has 1 aromatic carbocycles. The molecule has 1 aromatic rings. The van der Waals surface area contributed by atoms with Crippen LogP contribution in [0.5, 0.6) is 5.75 Å². The van der Waals surface area contributed by atoms with E-state index < -0.39 is 80.9 Å². The molecule has 13 nitrogen and oxygen atoms in total. The molecule has 4 rings (SSSR count). The molecule has 1 saturated carbocycles. The van der Waals surface area contributed by atoms with Crippen LogP contribution in [0.25, 0.3) is 16.2 Å². The normalized spacial score (nSPS) is 29.7. The number of aromatic hydroxyl groups is 1. The third kappa shape index (κ3) is 2.95. The van der Waals surface area contributed by atoms with Crippen molar-refractivity contribution in [3.8, 4) is 5.75 Å². The van der Waals surface area contributed by atoms with Crippen LogP contribution >= 0.6 is 0 Å². The number of ketones is 2. The van der Waals surface area contributed by atoms with Gasteiger partial charge in [0.1, 0.15) is 22.8 Å². The van der Waals surface area contributed by atoms with Crippen LogP contribution in [0.4, 0.5) is 11.4 Å². The highest BCUT2D eigenvalue weighted by Gasteiger charge is 2.63. The van der Waals surface area contributed by atoms with E-state index in [0.29, 0.717) is 0 Å². The van der Waals surface area contributed by atoms with Crippen molar-refractivity contribution in [1.29, 1.82) is 0 Å². The first-order chi connectivity index (χ1) is 16.2. The van der Waals surface area contributed by atoms with Crippen LogP contribution in [0.2, 0.25) is 0 Å². The average Bonchev–Trinajstić information content (AvgIpc) is 2.75. The highest BCUT2D eigenvalue weighted by Crippen LogP contribution is 2.59. The summed E-state index contributed by atoms with van der Waals surface area (Å²) in [5, 5.41) is 59.1. The van der Waals surface area contributed by atoms with Crippen LogP contribution in [0.1, 0.15) is 30.9 Å². The Morgan fingerprint density at radius 2 is 1.89 bits per heavy atom. The lowest BCUT2D eigenvalue weighted by Crippen LogP contribution is -2.60. The van der Waals surface area contributed by atoms with Crippen molar-refractivity contribution >= 4 is 34.6 Å². The molecule has 3 aliphatic rings. The molecule has 184 valence electrons. The molecule has 13 heteroatoms. The van der Waals surface area contributed by atoms with Crippen molar-refractivity contribution in [2.24, 2.45) is 22.7 Å². The van der Waals surface area contributed by atoms with E-state index in [4.69, 9.17) is 11.3 Å². The number of phenols is 1. The maximum absolute atomic E-state index is 13.6. The van der Waals surface area contributed by atoms with Gasteiger partial charge in [0.15, 0.2) is 11.4 Å². The summed E-state index contributed by atoms with van der Waals surface area (Å²) in [5.41, 5.74) is 7.52. The molecule has 3 aliphatic carbocycles. The first kappa shape index (κ1) is 24.1. The van der Waals surface area contributed by atoms with Crippen LogP contribution in [0, 0.1) is 11.8 Å². The van der Waals surface area contributed by atoms with Gasteiger partial charge in [0.2, 0.25) is 5.78 Å². The third-order valence-electron chi connectivity index (χ3n) is 7.18. The van der Waals surface area contributed by atoms with Crippen molar-refractivity contribution in [2.75, 3.05) is 19.0 Å². The maximum Gasteiger partial charge on any atom is 0.255 e. The van der Waals surface area contributed by atoms with Gasteiger partial charge in [-0.15, -0.1) is 0 Å². The molecule has 0 radical (unpaired) electrons. The number of fused-ring (bicyclic) bond motifs is 3. The van der Waals surface area contributed by atoms with Crippen molar-refractivity contribution in [2.45, 2.75) is 31.0 Å². The average molecular weight is 485 g/mol. The van der Waals surface area contributed by atoms with Gasteiger partial charge in [-0.2, -0.15) is 0 Å². The van der Waals surface area contributed by atoms with Crippen molar-refractivity contribution in [1.82, 2.24) is 0 Å². The van der Waals surface area contributed by atoms with Gasteiger partial charge in [-0.3, -0.25) is 14.4 Å². The number of carbonyl (C=O) groups excluding carboxylic acids is 3. The smallest absolute Gasteiger partial charge is 0.255 e. The SMILES string of the molecule is CN(C)c1cc(N=[N+]=[N-])c(O)c2c1[C@@](C)(O)[C@H]1C[C@H]3CC(=O)C(C(N)=O)=C(O)[C@@]3(O)C(=O)C1=C2O. The quantitative estimate of drug-likeness (QED) is 0.155. The summed E-state index contributed by atoms with van der Waals surface area (Å²) >= 11 is 0. The molecule has 0 aromatic heterocycles. The first-order valence-corrected chi connectivity index (χ1v) is 10.5. The minimum Gasteiger partial charge on any atom is -0.508 e. The Hall–Kier alpha value is -4.06. The maximum atomic E-state index is 13.6. The first-order valence-electron chi connectivity index (χ1n) is 10.5. The van der Waals surface area contributed by atoms with Gasteiger partial charge in [-0.05, 0) is 24.9 Å². The van der Waals surface area contributed by atoms with E-state index in [2.05, 4.69) is 10.0 Å². The number of carbonyl (C=O) groups is 3. The fourth-order valence-electron chi connectivity index (χ4n) is 5.51. The number of nitrogens with zero attached hydrogens (tertiary/aromatic N) is 4. The molecular weight excluding hydrogens is 462 g/mol. The summed E-state index contributed by atoms with van der Waals surface area (Å²) < 4.78 is 0. The topological polar surface area (TPSA) is 230 Å². The lowest BCUT2D eigenvalue weighted by atomic mass is 9.55. The van der Waals surface area contributed by atoms with E-state index in [1.165, 1.54) is 13.0 Å². The summed E-state index contributed by atoms with van der Waals surface area (Å²) in [5.74, 6) is -8.62. The van der Waals surface area contributed by atoms with Gasteiger partial charge in [0.25, 0.3) is 5.91 Å². The molecule has 1 amide bonds. The number of amides is 1. The van der Waals surface area contributed by atoms with E-state index in [1.807, 2.05) is 0 Å². The number of hydrogen-bond acceptors (Lipinski definition) is 10. The number of hydrogen-bond donors (Lipinski definition) is 6. The fourth-order valence-corrected chi connectivity index (χ4v) is 5.51. The lowest BCUT2D eigenvalue weighted by molar-refractivity contribution is -0.152. The Kier molecular flexibility index (Phi) is 5.14. The van der Waals surface area contributed by atoms with Gasteiger partial charge < -0.3 is 36.2 Å². The summed E-state index contributed by atoms with van der Waals surface area (Å²) in [6.45, 7) is 1.34. The van der Waals surface area contributed by atoms with Gasteiger partial charge >= 0.3 is 0 Å². The predicted molar refractivity (Wildman–Crippen MR) is 120 cm³/mol. The highest BCUT2D eigenvalue weighted by atomic mass is 16.3. The highest BCUT2D eigenvalue weighted by molar-refractivity contribution is 6.22.